The van der Waals surface area contributed by atoms with Crippen LogP contribution in [-0.4, -0.2) is 89.0 Å². The maximum absolute atomic E-state index is 12.7. The Morgan fingerprint density at radius 3 is 1.61 bits per heavy atom. The Hall–Kier alpha value is -2.86. The van der Waals surface area contributed by atoms with Crippen LogP contribution in [-0.2, 0) is 28.5 Å². The fourth-order valence-corrected chi connectivity index (χ4v) is 6.26. The molecule has 326 valence electrons. The number of allylic oxidation sites excluding steroid dienone is 11. The second-order valence-electron chi connectivity index (χ2n) is 14.8. The third-order valence-electron chi connectivity index (χ3n) is 9.72. The molecule has 6 atom stereocenters. The molecule has 1 fully saturated rings. The van der Waals surface area contributed by atoms with E-state index in [-0.39, 0.29) is 26.1 Å². The summed E-state index contributed by atoms with van der Waals surface area (Å²) >= 11 is 0. The minimum absolute atomic E-state index is 0.148. The summed E-state index contributed by atoms with van der Waals surface area (Å²) in [5, 5.41) is 40.0. The summed E-state index contributed by atoms with van der Waals surface area (Å²) < 4.78 is 22.1. The molecule has 10 heteroatoms. The first-order valence-electron chi connectivity index (χ1n) is 22.0. The van der Waals surface area contributed by atoms with Crippen molar-refractivity contribution in [3.8, 4) is 0 Å². The third-order valence-corrected chi connectivity index (χ3v) is 9.72. The van der Waals surface area contributed by atoms with Crippen LogP contribution in [0.2, 0.25) is 0 Å². The number of hydrogen-bond donors (Lipinski definition) is 4. The summed E-state index contributed by atoms with van der Waals surface area (Å²) in [6, 6.07) is 0. The van der Waals surface area contributed by atoms with E-state index in [1.165, 1.54) is 57.8 Å². The molecule has 1 rings (SSSR count). The molecule has 0 aromatic carbocycles. The van der Waals surface area contributed by atoms with E-state index < -0.39 is 55.4 Å². The van der Waals surface area contributed by atoms with Gasteiger partial charge in [-0.2, -0.15) is 0 Å². The van der Waals surface area contributed by atoms with Crippen molar-refractivity contribution in [3.63, 3.8) is 0 Å². The van der Waals surface area contributed by atoms with E-state index in [4.69, 9.17) is 18.9 Å². The molecule has 2 unspecified atom stereocenters. The largest absolute Gasteiger partial charge is 0.462 e. The van der Waals surface area contributed by atoms with Crippen molar-refractivity contribution in [2.24, 2.45) is 0 Å². The zero-order valence-electron chi connectivity index (χ0n) is 35.1. The van der Waals surface area contributed by atoms with E-state index in [1.807, 2.05) is 12.2 Å². The highest BCUT2D eigenvalue weighted by atomic mass is 16.7. The highest BCUT2D eigenvalue weighted by Crippen LogP contribution is 2.22. The standard InChI is InChI=1S/C47H78O10/c1-3-5-7-9-11-13-15-17-19-20-22-24-26-28-30-32-34-36-43(50)56-40(39-55-47-46(53)45(52)44(51)41(37-48)57-47)38-54-42(49)35-33-31-29-27-25-23-21-18-16-14-12-10-8-6-4-2/h4-5,7,11,13,17,19,22,24,28,30,40-41,44-48,51-53H,2-3,6,8-10,12,14-16,18,20-21,23,25-27,29,31-39H2,1H3/b7-5+,13-11+,19-17+,24-22+,30-28+/t40-,41-,44+,45?,46?,47-/m1/s1. The lowest BCUT2D eigenvalue weighted by Crippen LogP contribution is -2.59. The van der Waals surface area contributed by atoms with Crippen molar-refractivity contribution in [2.75, 3.05) is 19.8 Å². The summed E-state index contributed by atoms with van der Waals surface area (Å²) in [4.78, 5) is 25.3. The van der Waals surface area contributed by atoms with Gasteiger partial charge in [0.2, 0.25) is 0 Å². The molecule has 10 nitrogen and oxygen atoms in total. The van der Waals surface area contributed by atoms with Crippen LogP contribution in [0, 0.1) is 0 Å². The van der Waals surface area contributed by atoms with E-state index in [0.29, 0.717) is 19.3 Å². The topological polar surface area (TPSA) is 152 Å². The Balaban J connectivity index is 2.38. The number of carbonyl (C=O) groups excluding carboxylic acids is 2. The van der Waals surface area contributed by atoms with E-state index in [0.717, 1.165) is 57.8 Å². The highest BCUT2D eigenvalue weighted by Gasteiger charge is 2.44. The van der Waals surface area contributed by atoms with Crippen molar-refractivity contribution < 1.29 is 49.0 Å². The second-order valence-corrected chi connectivity index (χ2v) is 14.8. The normalized spacial score (nSPS) is 20.8. The molecule has 1 saturated heterocycles. The Morgan fingerprint density at radius 1 is 0.596 bits per heavy atom. The molecule has 0 spiro atoms. The average Bonchev–Trinajstić information content (AvgIpc) is 3.21. The third kappa shape index (κ3) is 29.1. The predicted octanol–water partition coefficient (Wildman–Crippen LogP) is 9.22. The summed E-state index contributed by atoms with van der Waals surface area (Å²) in [5.74, 6) is -0.883. The number of unbranched alkanes of at least 4 members (excludes halogenated alkanes) is 14. The zero-order chi connectivity index (χ0) is 41.6. The number of carbonyl (C=O) groups is 2. The molecule has 0 radical (unpaired) electrons. The van der Waals surface area contributed by atoms with Gasteiger partial charge >= 0.3 is 11.9 Å². The fraction of sp³-hybridized carbons (Fsp3) is 0.702. The summed E-state index contributed by atoms with van der Waals surface area (Å²) in [6.45, 7) is 4.76. The molecular formula is C47H78O10. The van der Waals surface area contributed by atoms with E-state index in [2.05, 4.69) is 68.2 Å². The molecule has 4 N–H and O–H groups in total. The van der Waals surface area contributed by atoms with Gasteiger partial charge in [-0.05, 0) is 64.2 Å². The van der Waals surface area contributed by atoms with Crippen LogP contribution in [0.15, 0.2) is 73.4 Å². The van der Waals surface area contributed by atoms with Gasteiger partial charge in [0.25, 0.3) is 0 Å². The van der Waals surface area contributed by atoms with Crippen LogP contribution in [0.3, 0.4) is 0 Å². The number of ether oxygens (including phenoxy) is 4. The quantitative estimate of drug-likeness (QED) is 0.0274. The summed E-state index contributed by atoms with van der Waals surface area (Å²) in [7, 11) is 0. The van der Waals surface area contributed by atoms with E-state index in [9.17, 15) is 30.0 Å². The van der Waals surface area contributed by atoms with Crippen LogP contribution in [0.25, 0.3) is 0 Å². The average molecular weight is 803 g/mol. The first-order valence-corrected chi connectivity index (χ1v) is 22.0. The second kappa shape index (κ2) is 37.4. The molecule has 0 bridgehead atoms. The molecule has 57 heavy (non-hydrogen) atoms. The van der Waals surface area contributed by atoms with Crippen molar-refractivity contribution in [2.45, 2.75) is 191 Å². The van der Waals surface area contributed by atoms with Crippen molar-refractivity contribution in [3.05, 3.63) is 73.4 Å². The maximum Gasteiger partial charge on any atom is 0.306 e. The van der Waals surface area contributed by atoms with Crippen LogP contribution in [0.4, 0.5) is 0 Å². The van der Waals surface area contributed by atoms with Crippen molar-refractivity contribution >= 4 is 11.9 Å². The first-order chi connectivity index (χ1) is 27.8. The van der Waals surface area contributed by atoms with Crippen LogP contribution >= 0.6 is 0 Å². The lowest BCUT2D eigenvalue weighted by molar-refractivity contribution is -0.305. The number of esters is 2. The summed E-state index contributed by atoms with van der Waals surface area (Å²) in [6.07, 6.45) is 38.0. The molecule has 0 saturated carbocycles. The fourth-order valence-electron chi connectivity index (χ4n) is 6.26. The first kappa shape index (κ1) is 52.2. The van der Waals surface area contributed by atoms with Gasteiger partial charge in [-0.3, -0.25) is 9.59 Å². The van der Waals surface area contributed by atoms with E-state index >= 15 is 0 Å². The number of aliphatic hydroxyl groups excluding tert-OH is 4. The van der Waals surface area contributed by atoms with Crippen LogP contribution in [0.1, 0.15) is 155 Å². The van der Waals surface area contributed by atoms with Crippen molar-refractivity contribution in [1.29, 1.82) is 0 Å². The van der Waals surface area contributed by atoms with Gasteiger partial charge in [0.1, 0.15) is 31.0 Å². The minimum atomic E-state index is -1.61. The monoisotopic (exact) mass is 803 g/mol. The SMILES string of the molecule is C=CCCCCCCCCCCCCCCCC(=O)OC[C@H](CO[C@@H]1O[C@H](CO)[C@H](O)C(O)C1O)OC(=O)CCC/C=C/C/C=C/C/C=C/C/C=C/C/C=C/CC. The number of aliphatic hydroxyl groups is 4. The molecule has 1 aliphatic heterocycles. The van der Waals surface area contributed by atoms with Gasteiger partial charge < -0.3 is 39.4 Å². The molecular weight excluding hydrogens is 725 g/mol. The Morgan fingerprint density at radius 2 is 1.09 bits per heavy atom. The Bertz CT molecular complexity index is 1140. The van der Waals surface area contributed by atoms with Crippen LogP contribution < -0.4 is 0 Å². The Kier molecular flexibility index (Phi) is 34.2. The highest BCUT2D eigenvalue weighted by molar-refractivity contribution is 5.70. The Labute approximate surface area is 344 Å². The van der Waals surface area contributed by atoms with Gasteiger partial charge in [-0.15, -0.1) is 6.58 Å². The molecule has 0 aromatic heterocycles. The molecule has 1 aliphatic rings. The lowest BCUT2D eigenvalue weighted by Gasteiger charge is -2.39. The maximum atomic E-state index is 12.7. The smallest absolute Gasteiger partial charge is 0.306 e. The predicted molar refractivity (Wildman–Crippen MR) is 228 cm³/mol. The van der Waals surface area contributed by atoms with Crippen molar-refractivity contribution in [1.82, 2.24) is 0 Å². The van der Waals surface area contributed by atoms with Gasteiger partial charge in [-0.1, -0.05) is 144 Å². The van der Waals surface area contributed by atoms with Gasteiger partial charge in [0.15, 0.2) is 12.4 Å². The van der Waals surface area contributed by atoms with Gasteiger partial charge in [0.05, 0.1) is 13.2 Å². The number of rotatable bonds is 36. The molecule has 0 aliphatic carbocycles. The summed E-state index contributed by atoms with van der Waals surface area (Å²) in [5.41, 5.74) is 0. The molecule has 1 heterocycles. The minimum Gasteiger partial charge on any atom is -0.462 e. The van der Waals surface area contributed by atoms with Gasteiger partial charge in [-0.25, -0.2) is 0 Å². The van der Waals surface area contributed by atoms with Gasteiger partial charge in [0, 0.05) is 12.8 Å². The molecule has 0 amide bonds. The van der Waals surface area contributed by atoms with E-state index in [1.54, 1.807) is 0 Å². The zero-order valence-corrected chi connectivity index (χ0v) is 35.1. The molecule has 0 aromatic rings. The lowest BCUT2D eigenvalue weighted by atomic mass is 9.99. The number of hydrogen-bond acceptors (Lipinski definition) is 10. The van der Waals surface area contributed by atoms with Crippen LogP contribution in [0.5, 0.6) is 0 Å².